The molecule has 1 aliphatic rings. The Morgan fingerprint density at radius 3 is 2.10 bits per heavy atom. The largest absolute Gasteiger partial charge is 0.464 e. The Hall–Kier alpha value is -1.52. The summed E-state index contributed by atoms with van der Waals surface area (Å²) < 4.78 is 10.7. The summed E-state index contributed by atoms with van der Waals surface area (Å²) in [5.74, 6) is -0.163. The van der Waals surface area contributed by atoms with Crippen molar-refractivity contribution in [1.82, 2.24) is 5.32 Å². The fraction of sp³-hybridized carbons (Fsp3) is 0.840. The molecule has 0 spiro atoms. The van der Waals surface area contributed by atoms with Crippen LogP contribution in [0.1, 0.15) is 110 Å². The van der Waals surface area contributed by atoms with Gasteiger partial charge in [0, 0.05) is 0 Å². The van der Waals surface area contributed by atoms with Crippen LogP contribution in [0.25, 0.3) is 0 Å². The van der Waals surface area contributed by atoms with Gasteiger partial charge in [-0.1, -0.05) is 90.0 Å². The number of nitrogens with one attached hydrogen (secondary N) is 1. The molecule has 1 saturated carbocycles. The quantitative estimate of drug-likeness (QED) is 0.161. The van der Waals surface area contributed by atoms with Crippen LogP contribution in [0.15, 0.2) is 12.7 Å². The zero-order valence-electron chi connectivity index (χ0n) is 19.3. The Morgan fingerprint density at radius 1 is 0.900 bits per heavy atom. The van der Waals surface area contributed by atoms with E-state index >= 15 is 0 Å². The monoisotopic (exact) mass is 423 g/mol. The van der Waals surface area contributed by atoms with E-state index in [9.17, 15) is 9.59 Å². The molecule has 174 valence electrons. The fourth-order valence-corrected chi connectivity index (χ4v) is 4.09. The normalized spacial score (nSPS) is 15.4. The van der Waals surface area contributed by atoms with E-state index < -0.39 is 12.1 Å². The third-order valence-electron chi connectivity index (χ3n) is 5.95. The second-order valence-corrected chi connectivity index (χ2v) is 8.58. The van der Waals surface area contributed by atoms with Crippen LogP contribution in [-0.2, 0) is 14.3 Å². The van der Waals surface area contributed by atoms with Crippen molar-refractivity contribution >= 4 is 12.1 Å². The molecule has 0 heterocycles. The Morgan fingerprint density at radius 2 is 1.50 bits per heavy atom. The van der Waals surface area contributed by atoms with Crippen molar-refractivity contribution in [3.8, 4) is 0 Å². The van der Waals surface area contributed by atoms with E-state index in [0.29, 0.717) is 13.0 Å². The van der Waals surface area contributed by atoms with E-state index in [2.05, 4.69) is 18.8 Å². The highest BCUT2D eigenvalue weighted by molar-refractivity contribution is 5.81. The third-order valence-corrected chi connectivity index (χ3v) is 5.95. The second-order valence-electron chi connectivity index (χ2n) is 8.58. The molecule has 5 heteroatoms. The summed E-state index contributed by atoms with van der Waals surface area (Å²) in [6.07, 6.45) is 19.5. The standard InChI is InChI=1S/C25H45NO4/c1-3-5-7-8-9-10-11-12-13-17-21-29-24(27)23(22-18-15-14-16-19-22)26-25(28)30-20-6-4-2/h4,22-23H,2-3,5-21H2,1H3,(H,26,28). The van der Waals surface area contributed by atoms with E-state index in [1.807, 2.05) is 0 Å². The number of rotatable bonds is 17. The summed E-state index contributed by atoms with van der Waals surface area (Å²) in [4.78, 5) is 24.7. The first-order valence-electron chi connectivity index (χ1n) is 12.4. The number of amides is 1. The summed E-state index contributed by atoms with van der Waals surface area (Å²) in [6, 6.07) is -0.593. The Bertz CT molecular complexity index is 460. The zero-order chi connectivity index (χ0) is 21.9. The minimum absolute atomic E-state index is 0.144. The van der Waals surface area contributed by atoms with Crippen molar-refractivity contribution in [2.45, 2.75) is 116 Å². The average molecular weight is 424 g/mol. The van der Waals surface area contributed by atoms with E-state index in [1.165, 1.54) is 57.8 Å². The molecule has 0 saturated heterocycles. The Kier molecular flexibility index (Phi) is 16.1. The molecule has 1 N–H and O–H groups in total. The van der Waals surface area contributed by atoms with E-state index in [4.69, 9.17) is 9.47 Å². The van der Waals surface area contributed by atoms with Crippen LogP contribution in [-0.4, -0.2) is 31.3 Å². The van der Waals surface area contributed by atoms with E-state index in [-0.39, 0.29) is 18.5 Å². The number of unbranched alkanes of at least 4 members (excludes halogenated alkanes) is 9. The molecule has 1 unspecified atom stereocenters. The Labute approximate surface area is 184 Å². The van der Waals surface area contributed by atoms with Crippen molar-refractivity contribution < 1.29 is 19.1 Å². The lowest BCUT2D eigenvalue weighted by molar-refractivity contribution is -0.148. The lowest BCUT2D eigenvalue weighted by Crippen LogP contribution is -2.47. The molecular formula is C25H45NO4. The van der Waals surface area contributed by atoms with Gasteiger partial charge in [-0.3, -0.25) is 0 Å². The van der Waals surface area contributed by atoms with Crippen molar-refractivity contribution in [3.63, 3.8) is 0 Å². The van der Waals surface area contributed by atoms with Gasteiger partial charge in [0.15, 0.2) is 0 Å². The van der Waals surface area contributed by atoms with Gasteiger partial charge in [-0.25, -0.2) is 9.59 Å². The van der Waals surface area contributed by atoms with Crippen molar-refractivity contribution in [3.05, 3.63) is 12.7 Å². The number of ether oxygens (including phenoxy) is 2. The molecule has 0 bridgehead atoms. The maximum absolute atomic E-state index is 12.7. The van der Waals surface area contributed by atoms with Gasteiger partial charge in [-0.2, -0.15) is 0 Å². The number of hydrogen-bond donors (Lipinski definition) is 1. The van der Waals surface area contributed by atoms with Crippen molar-refractivity contribution in [2.75, 3.05) is 13.2 Å². The minimum Gasteiger partial charge on any atom is -0.464 e. The van der Waals surface area contributed by atoms with Gasteiger partial charge in [-0.15, -0.1) is 6.58 Å². The van der Waals surface area contributed by atoms with Gasteiger partial charge >= 0.3 is 12.1 Å². The predicted octanol–water partition coefficient (Wildman–Crippen LogP) is 6.70. The number of esters is 1. The molecular weight excluding hydrogens is 378 g/mol. The molecule has 5 nitrogen and oxygen atoms in total. The maximum atomic E-state index is 12.7. The number of carbonyl (C=O) groups excluding carboxylic acids is 2. The topological polar surface area (TPSA) is 64.6 Å². The molecule has 1 rings (SSSR count). The van der Waals surface area contributed by atoms with E-state index in [1.54, 1.807) is 6.08 Å². The number of carbonyl (C=O) groups is 2. The van der Waals surface area contributed by atoms with Gasteiger partial charge in [0.2, 0.25) is 0 Å². The molecule has 0 aromatic rings. The zero-order valence-corrected chi connectivity index (χ0v) is 19.3. The first-order chi connectivity index (χ1) is 14.7. The second kappa shape index (κ2) is 18.3. The highest BCUT2D eigenvalue weighted by Gasteiger charge is 2.32. The van der Waals surface area contributed by atoms with Gasteiger partial charge in [0.25, 0.3) is 0 Å². The summed E-state index contributed by atoms with van der Waals surface area (Å²) in [6.45, 7) is 6.58. The first-order valence-corrected chi connectivity index (χ1v) is 12.4. The molecule has 1 atom stereocenters. The third kappa shape index (κ3) is 12.9. The molecule has 0 aromatic carbocycles. The van der Waals surface area contributed by atoms with Crippen LogP contribution in [0.3, 0.4) is 0 Å². The van der Waals surface area contributed by atoms with Crippen LogP contribution >= 0.6 is 0 Å². The summed E-state index contributed by atoms with van der Waals surface area (Å²) in [7, 11) is 0. The minimum atomic E-state index is -0.593. The van der Waals surface area contributed by atoms with Gasteiger partial charge in [0.05, 0.1) is 13.2 Å². The molecule has 1 amide bonds. The molecule has 1 fully saturated rings. The van der Waals surface area contributed by atoms with E-state index in [0.717, 1.165) is 38.5 Å². The highest BCUT2D eigenvalue weighted by atomic mass is 16.6. The van der Waals surface area contributed by atoms with Gasteiger partial charge in [0.1, 0.15) is 6.04 Å². The SMILES string of the molecule is C=CCCOC(=O)NC(C(=O)OCCCCCCCCCCCC)C1CCCCC1. The summed E-state index contributed by atoms with van der Waals surface area (Å²) in [5.41, 5.74) is 0. The molecule has 1 aliphatic carbocycles. The lowest BCUT2D eigenvalue weighted by atomic mass is 9.84. The summed E-state index contributed by atoms with van der Waals surface area (Å²) >= 11 is 0. The maximum Gasteiger partial charge on any atom is 0.407 e. The number of alkyl carbamates (subject to hydrolysis) is 1. The van der Waals surface area contributed by atoms with Crippen LogP contribution in [0.5, 0.6) is 0 Å². The average Bonchev–Trinajstić information content (AvgIpc) is 2.76. The predicted molar refractivity (Wildman–Crippen MR) is 122 cm³/mol. The van der Waals surface area contributed by atoms with Crippen molar-refractivity contribution in [2.24, 2.45) is 5.92 Å². The number of hydrogen-bond acceptors (Lipinski definition) is 4. The smallest absolute Gasteiger partial charge is 0.407 e. The molecule has 0 aromatic heterocycles. The van der Waals surface area contributed by atoms with Gasteiger partial charge in [-0.05, 0) is 31.6 Å². The lowest BCUT2D eigenvalue weighted by Gasteiger charge is -2.29. The highest BCUT2D eigenvalue weighted by Crippen LogP contribution is 2.27. The van der Waals surface area contributed by atoms with Crippen molar-refractivity contribution in [1.29, 1.82) is 0 Å². The Balaban J connectivity index is 2.23. The van der Waals surface area contributed by atoms with Gasteiger partial charge < -0.3 is 14.8 Å². The van der Waals surface area contributed by atoms with Crippen LogP contribution in [0.2, 0.25) is 0 Å². The molecule has 0 radical (unpaired) electrons. The van der Waals surface area contributed by atoms with Crippen LogP contribution in [0, 0.1) is 5.92 Å². The fourth-order valence-electron chi connectivity index (χ4n) is 4.09. The van der Waals surface area contributed by atoms with Crippen LogP contribution < -0.4 is 5.32 Å². The molecule has 30 heavy (non-hydrogen) atoms. The first kappa shape index (κ1) is 26.5. The van der Waals surface area contributed by atoms with Crippen LogP contribution in [0.4, 0.5) is 4.79 Å². The molecule has 0 aliphatic heterocycles. The summed E-state index contributed by atoms with van der Waals surface area (Å²) in [5, 5.41) is 2.77.